The minimum absolute atomic E-state index is 0.00658. The highest BCUT2D eigenvalue weighted by atomic mass is 19.4. The maximum Gasteiger partial charge on any atom is 0.408 e. The molecule has 1 aliphatic heterocycles. The van der Waals surface area contributed by atoms with E-state index in [1.165, 1.54) is 17.0 Å². The Labute approximate surface area is 124 Å². The second kappa shape index (κ2) is 6.36. The van der Waals surface area contributed by atoms with Crippen LogP contribution < -0.4 is 16.6 Å². The van der Waals surface area contributed by atoms with E-state index in [-0.39, 0.29) is 24.5 Å². The number of likely N-dealkylation sites (tertiary alicyclic amines) is 1. The van der Waals surface area contributed by atoms with Gasteiger partial charge in [0.2, 0.25) is 0 Å². The first kappa shape index (κ1) is 16.3. The number of amides is 1. The van der Waals surface area contributed by atoms with E-state index in [2.05, 4.69) is 15.7 Å². The van der Waals surface area contributed by atoms with E-state index >= 15 is 0 Å². The predicted molar refractivity (Wildman–Crippen MR) is 72.0 cm³/mol. The van der Waals surface area contributed by atoms with E-state index in [1.54, 1.807) is 0 Å². The van der Waals surface area contributed by atoms with Gasteiger partial charge >= 0.3 is 12.3 Å². The van der Waals surface area contributed by atoms with Crippen LogP contribution in [0.2, 0.25) is 0 Å². The van der Waals surface area contributed by atoms with E-state index < -0.39 is 24.4 Å². The molecule has 1 saturated heterocycles. The number of nitrogens with two attached hydrogens (primary N) is 1. The van der Waals surface area contributed by atoms with Crippen LogP contribution in [0.5, 0.6) is 0 Å². The molecule has 7 nitrogen and oxygen atoms in total. The zero-order valence-corrected chi connectivity index (χ0v) is 11.5. The Bertz CT molecular complexity index is 522. The molecule has 22 heavy (non-hydrogen) atoms. The summed E-state index contributed by atoms with van der Waals surface area (Å²) in [4.78, 5) is 15.6. The number of hydrogen-bond acceptors (Lipinski definition) is 5. The molecule has 0 aliphatic carbocycles. The number of pyridine rings is 1. The average Bonchev–Trinajstić information content (AvgIpc) is 2.85. The molecule has 5 N–H and O–H groups in total. The van der Waals surface area contributed by atoms with Gasteiger partial charge in [0.1, 0.15) is 11.9 Å². The van der Waals surface area contributed by atoms with Crippen molar-refractivity contribution in [2.45, 2.75) is 24.7 Å². The number of halogens is 3. The lowest BCUT2D eigenvalue weighted by Crippen LogP contribution is -2.40. The van der Waals surface area contributed by atoms with Crippen molar-refractivity contribution in [1.29, 1.82) is 0 Å². The summed E-state index contributed by atoms with van der Waals surface area (Å²) in [6, 6.07) is 0.322. The highest BCUT2D eigenvalue weighted by Gasteiger charge is 2.47. The Morgan fingerprint density at radius 2 is 2.23 bits per heavy atom. The summed E-state index contributed by atoms with van der Waals surface area (Å²) in [6.45, 7) is 0.138. The lowest BCUT2D eigenvalue weighted by molar-refractivity contribution is -0.183. The molecule has 0 aromatic carbocycles. The SMILES string of the molecule is NNc1ccc([C@@H](N2CC[C@@H](NC(=O)O)C2)C(F)(F)F)cn1. The minimum Gasteiger partial charge on any atom is -0.465 e. The van der Waals surface area contributed by atoms with Gasteiger partial charge in [0.25, 0.3) is 0 Å². The van der Waals surface area contributed by atoms with E-state index in [9.17, 15) is 18.0 Å². The summed E-state index contributed by atoms with van der Waals surface area (Å²) in [5.74, 6) is 5.40. The van der Waals surface area contributed by atoms with E-state index in [0.29, 0.717) is 6.42 Å². The quantitative estimate of drug-likeness (QED) is 0.493. The molecule has 0 bridgehead atoms. The monoisotopic (exact) mass is 319 g/mol. The fourth-order valence-corrected chi connectivity index (χ4v) is 2.57. The van der Waals surface area contributed by atoms with Gasteiger partial charge in [-0.15, -0.1) is 0 Å². The Morgan fingerprint density at radius 3 is 2.73 bits per heavy atom. The molecule has 1 aliphatic rings. The fraction of sp³-hybridized carbons (Fsp3) is 0.500. The molecule has 0 radical (unpaired) electrons. The summed E-state index contributed by atoms with van der Waals surface area (Å²) in [7, 11) is 0. The number of carboxylic acid groups (broad SMARTS) is 1. The van der Waals surface area contributed by atoms with Crippen molar-refractivity contribution in [3.05, 3.63) is 23.9 Å². The van der Waals surface area contributed by atoms with Crippen LogP contribution in [0.3, 0.4) is 0 Å². The van der Waals surface area contributed by atoms with Crippen LogP contribution in [0.4, 0.5) is 23.8 Å². The van der Waals surface area contributed by atoms with Gasteiger partial charge in [-0.2, -0.15) is 13.2 Å². The van der Waals surface area contributed by atoms with E-state index in [4.69, 9.17) is 10.9 Å². The first-order valence-electron chi connectivity index (χ1n) is 6.54. The molecule has 2 atom stereocenters. The number of alkyl halides is 3. The molecule has 0 spiro atoms. The summed E-state index contributed by atoms with van der Waals surface area (Å²) in [6.07, 6.45) is -4.28. The van der Waals surface area contributed by atoms with Crippen LogP contribution in [0.25, 0.3) is 0 Å². The lowest BCUT2D eigenvalue weighted by Gasteiger charge is -2.30. The standard InChI is InChI=1S/C12H16F3N5O2/c13-12(14,15)10(7-1-2-9(19-16)17-5-7)20-4-3-8(6-20)18-11(21)22/h1-2,5,8,10,18H,3-4,6,16H2,(H,17,19)(H,21,22)/t8-,10-/m1/s1. The normalized spacial score (nSPS) is 20.6. The zero-order valence-electron chi connectivity index (χ0n) is 11.5. The molecular formula is C12H16F3N5O2. The summed E-state index contributed by atoms with van der Waals surface area (Å²) >= 11 is 0. The van der Waals surface area contributed by atoms with Gasteiger partial charge in [-0.05, 0) is 18.1 Å². The molecule has 1 aromatic heterocycles. The van der Waals surface area contributed by atoms with Crippen LogP contribution in [-0.4, -0.2) is 46.4 Å². The molecule has 2 heterocycles. The fourth-order valence-electron chi connectivity index (χ4n) is 2.57. The van der Waals surface area contributed by atoms with E-state index in [1.807, 2.05) is 0 Å². The van der Waals surface area contributed by atoms with Crippen molar-refractivity contribution in [3.63, 3.8) is 0 Å². The third kappa shape index (κ3) is 3.77. The number of carbonyl (C=O) groups is 1. The third-order valence-electron chi connectivity index (χ3n) is 3.47. The number of hydrogen-bond donors (Lipinski definition) is 4. The molecule has 1 amide bonds. The number of rotatable bonds is 4. The average molecular weight is 319 g/mol. The molecule has 1 aromatic rings. The maximum atomic E-state index is 13.4. The first-order valence-corrected chi connectivity index (χ1v) is 6.54. The highest BCUT2D eigenvalue weighted by molar-refractivity contribution is 5.64. The molecule has 10 heteroatoms. The Hall–Kier alpha value is -2.07. The van der Waals surface area contributed by atoms with Crippen molar-refractivity contribution >= 4 is 11.9 Å². The molecule has 0 unspecified atom stereocenters. The number of nitrogens with zero attached hydrogens (tertiary/aromatic N) is 2. The van der Waals surface area contributed by atoms with Crippen molar-refractivity contribution < 1.29 is 23.1 Å². The second-order valence-corrected chi connectivity index (χ2v) is 5.00. The van der Waals surface area contributed by atoms with Gasteiger partial charge in [-0.3, -0.25) is 4.90 Å². The summed E-state index contributed by atoms with van der Waals surface area (Å²) in [5, 5.41) is 10.9. The Kier molecular flexibility index (Phi) is 4.71. The van der Waals surface area contributed by atoms with Crippen LogP contribution in [0, 0.1) is 0 Å². The van der Waals surface area contributed by atoms with Gasteiger partial charge in [0.15, 0.2) is 0 Å². The van der Waals surface area contributed by atoms with Crippen LogP contribution in [0.15, 0.2) is 18.3 Å². The van der Waals surface area contributed by atoms with Crippen molar-refractivity contribution in [3.8, 4) is 0 Å². The van der Waals surface area contributed by atoms with Gasteiger partial charge in [-0.1, -0.05) is 6.07 Å². The lowest BCUT2D eigenvalue weighted by atomic mass is 10.1. The van der Waals surface area contributed by atoms with Crippen molar-refractivity contribution in [1.82, 2.24) is 15.2 Å². The smallest absolute Gasteiger partial charge is 0.408 e. The number of nitrogen functional groups attached to an aromatic ring is 1. The third-order valence-corrected chi connectivity index (χ3v) is 3.47. The molecule has 1 fully saturated rings. The summed E-state index contributed by atoms with van der Waals surface area (Å²) < 4.78 is 40.1. The van der Waals surface area contributed by atoms with E-state index in [0.717, 1.165) is 6.20 Å². The largest absolute Gasteiger partial charge is 0.465 e. The van der Waals surface area contributed by atoms with Crippen LogP contribution >= 0.6 is 0 Å². The maximum absolute atomic E-state index is 13.4. The van der Waals surface area contributed by atoms with Crippen molar-refractivity contribution in [2.24, 2.45) is 5.84 Å². The van der Waals surface area contributed by atoms with Crippen LogP contribution in [-0.2, 0) is 0 Å². The van der Waals surface area contributed by atoms with Gasteiger partial charge in [0.05, 0.1) is 0 Å². The summed E-state index contributed by atoms with van der Waals surface area (Å²) in [5.41, 5.74) is 2.24. The second-order valence-electron chi connectivity index (χ2n) is 5.00. The Morgan fingerprint density at radius 1 is 1.50 bits per heavy atom. The number of nitrogens with one attached hydrogen (secondary N) is 2. The van der Waals surface area contributed by atoms with Gasteiger partial charge in [-0.25, -0.2) is 15.6 Å². The van der Waals surface area contributed by atoms with Gasteiger partial charge in [0, 0.05) is 25.3 Å². The number of anilines is 1. The Balaban J connectivity index is 2.18. The topological polar surface area (TPSA) is 104 Å². The number of hydrazine groups is 1. The highest BCUT2D eigenvalue weighted by Crippen LogP contribution is 2.39. The first-order chi connectivity index (χ1) is 10.3. The van der Waals surface area contributed by atoms with Crippen molar-refractivity contribution in [2.75, 3.05) is 18.5 Å². The zero-order chi connectivity index (χ0) is 16.3. The van der Waals surface area contributed by atoms with Crippen LogP contribution in [0.1, 0.15) is 18.0 Å². The molecule has 2 rings (SSSR count). The van der Waals surface area contributed by atoms with Gasteiger partial charge < -0.3 is 15.8 Å². The number of aromatic nitrogens is 1. The predicted octanol–water partition coefficient (Wildman–Crippen LogP) is 1.31. The minimum atomic E-state index is -4.49. The molecule has 122 valence electrons. The molecule has 0 saturated carbocycles. The molecular weight excluding hydrogens is 303 g/mol.